The van der Waals surface area contributed by atoms with E-state index in [9.17, 15) is 4.79 Å². The fraction of sp³-hybridized carbons (Fsp3) is 0.538. The molecule has 1 atom stereocenters. The zero-order chi connectivity index (χ0) is 12.9. The molecule has 0 radical (unpaired) electrons. The van der Waals surface area contributed by atoms with Crippen LogP contribution < -0.4 is 5.32 Å². The topological polar surface area (TPSA) is 62.2 Å². The van der Waals surface area contributed by atoms with Gasteiger partial charge in [0.15, 0.2) is 0 Å². The predicted octanol–water partition coefficient (Wildman–Crippen LogP) is 2.06. The molecule has 0 aliphatic rings. The summed E-state index contributed by atoms with van der Waals surface area (Å²) in [5.41, 5.74) is 0.979. The smallest absolute Gasteiger partial charge is 0.304 e. The van der Waals surface area contributed by atoms with E-state index in [0.29, 0.717) is 6.54 Å². The van der Waals surface area contributed by atoms with Crippen LogP contribution in [0, 0.1) is 5.41 Å². The van der Waals surface area contributed by atoms with Gasteiger partial charge in [-0.15, -0.1) is 0 Å². The number of hydrogen-bond donors (Lipinski definition) is 2. The zero-order valence-electron chi connectivity index (χ0n) is 10.6. The number of aliphatic carboxylic acids is 1. The van der Waals surface area contributed by atoms with E-state index in [1.54, 1.807) is 12.4 Å². The van der Waals surface area contributed by atoms with Gasteiger partial charge in [-0.25, -0.2) is 0 Å². The lowest BCUT2D eigenvalue weighted by Gasteiger charge is -2.30. The largest absolute Gasteiger partial charge is 0.481 e. The van der Waals surface area contributed by atoms with Gasteiger partial charge in [-0.2, -0.15) is 0 Å². The molecule has 1 heterocycles. The SMILES string of the molecule is CC(C)(C)C(CC(=O)O)NCc1cccnc1. The Morgan fingerprint density at radius 3 is 2.71 bits per heavy atom. The quantitative estimate of drug-likeness (QED) is 0.821. The minimum absolute atomic E-state index is 0.0554. The number of hydrogen-bond acceptors (Lipinski definition) is 3. The third-order valence-corrected chi connectivity index (χ3v) is 2.70. The molecule has 4 heteroatoms. The normalized spacial score (nSPS) is 13.4. The summed E-state index contributed by atoms with van der Waals surface area (Å²) >= 11 is 0. The molecule has 17 heavy (non-hydrogen) atoms. The number of carboxylic acid groups (broad SMARTS) is 1. The van der Waals surface area contributed by atoms with Gasteiger partial charge in [0.05, 0.1) is 6.42 Å². The maximum Gasteiger partial charge on any atom is 0.304 e. The summed E-state index contributed by atoms with van der Waals surface area (Å²) in [5, 5.41) is 12.2. The van der Waals surface area contributed by atoms with Crippen molar-refractivity contribution in [1.29, 1.82) is 0 Å². The minimum atomic E-state index is -0.774. The van der Waals surface area contributed by atoms with Crippen molar-refractivity contribution < 1.29 is 9.90 Å². The number of nitrogens with zero attached hydrogens (tertiary/aromatic N) is 1. The average molecular weight is 236 g/mol. The van der Waals surface area contributed by atoms with Crippen molar-refractivity contribution in [3.05, 3.63) is 30.1 Å². The molecule has 0 aliphatic carbocycles. The maximum absolute atomic E-state index is 10.8. The summed E-state index contributed by atoms with van der Waals surface area (Å²) in [6, 6.07) is 3.79. The zero-order valence-corrected chi connectivity index (χ0v) is 10.6. The highest BCUT2D eigenvalue weighted by atomic mass is 16.4. The Kier molecular flexibility index (Phi) is 4.63. The predicted molar refractivity (Wildman–Crippen MR) is 66.6 cm³/mol. The first-order valence-electron chi connectivity index (χ1n) is 5.73. The first-order chi connectivity index (χ1) is 7.89. The van der Waals surface area contributed by atoms with Crippen LogP contribution in [-0.4, -0.2) is 22.1 Å². The van der Waals surface area contributed by atoms with Crippen LogP contribution in [0.25, 0.3) is 0 Å². The third kappa shape index (κ3) is 4.95. The molecule has 94 valence electrons. The summed E-state index contributed by atoms with van der Waals surface area (Å²) < 4.78 is 0. The standard InChI is InChI=1S/C13H20N2O2/c1-13(2,3)11(7-12(16)17)15-9-10-5-4-6-14-8-10/h4-6,8,11,15H,7,9H2,1-3H3,(H,16,17). The van der Waals surface area contributed by atoms with E-state index in [-0.39, 0.29) is 17.9 Å². The Morgan fingerprint density at radius 1 is 1.53 bits per heavy atom. The summed E-state index contributed by atoms with van der Waals surface area (Å²) in [5.74, 6) is -0.774. The van der Waals surface area contributed by atoms with Crippen molar-refractivity contribution in [3.8, 4) is 0 Å². The summed E-state index contributed by atoms with van der Waals surface area (Å²) in [7, 11) is 0. The van der Waals surface area contributed by atoms with E-state index in [1.165, 1.54) is 0 Å². The molecule has 0 saturated heterocycles. The molecular formula is C13H20N2O2. The summed E-state index contributed by atoms with van der Waals surface area (Å²) in [6.45, 7) is 6.76. The van der Waals surface area contributed by atoms with E-state index in [2.05, 4.69) is 10.3 Å². The molecule has 1 aromatic heterocycles. The molecule has 0 bridgehead atoms. The van der Waals surface area contributed by atoms with Crippen LogP contribution in [0.4, 0.5) is 0 Å². The van der Waals surface area contributed by atoms with Gasteiger partial charge < -0.3 is 10.4 Å². The number of carboxylic acids is 1. The van der Waals surface area contributed by atoms with Crippen molar-refractivity contribution in [1.82, 2.24) is 10.3 Å². The van der Waals surface area contributed by atoms with Gasteiger partial charge in [-0.05, 0) is 17.0 Å². The van der Waals surface area contributed by atoms with Crippen molar-refractivity contribution in [2.45, 2.75) is 39.8 Å². The fourth-order valence-electron chi connectivity index (χ4n) is 1.60. The minimum Gasteiger partial charge on any atom is -0.481 e. The van der Waals surface area contributed by atoms with Crippen LogP contribution in [0.15, 0.2) is 24.5 Å². The van der Waals surface area contributed by atoms with Gasteiger partial charge in [-0.3, -0.25) is 9.78 Å². The molecular weight excluding hydrogens is 216 g/mol. The molecule has 0 aliphatic heterocycles. The Bertz CT molecular complexity index is 357. The molecule has 0 spiro atoms. The third-order valence-electron chi connectivity index (χ3n) is 2.70. The van der Waals surface area contributed by atoms with Crippen molar-refractivity contribution in [3.63, 3.8) is 0 Å². The Balaban J connectivity index is 2.59. The average Bonchev–Trinajstić information content (AvgIpc) is 2.23. The second-order valence-corrected chi connectivity index (χ2v) is 5.26. The Hall–Kier alpha value is -1.42. The lowest BCUT2D eigenvalue weighted by atomic mass is 9.84. The fourth-order valence-corrected chi connectivity index (χ4v) is 1.60. The second-order valence-electron chi connectivity index (χ2n) is 5.26. The van der Waals surface area contributed by atoms with Crippen LogP contribution >= 0.6 is 0 Å². The monoisotopic (exact) mass is 236 g/mol. The van der Waals surface area contributed by atoms with Gasteiger partial charge in [-0.1, -0.05) is 26.8 Å². The highest BCUT2D eigenvalue weighted by Crippen LogP contribution is 2.22. The van der Waals surface area contributed by atoms with Gasteiger partial charge in [0, 0.05) is 25.0 Å². The van der Waals surface area contributed by atoms with Gasteiger partial charge in [0.2, 0.25) is 0 Å². The van der Waals surface area contributed by atoms with E-state index in [4.69, 9.17) is 5.11 Å². The van der Waals surface area contributed by atoms with Crippen molar-refractivity contribution >= 4 is 5.97 Å². The Labute approximate surface area is 102 Å². The molecule has 2 N–H and O–H groups in total. The summed E-state index contributed by atoms with van der Waals surface area (Å²) in [6.07, 6.45) is 3.64. The van der Waals surface area contributed by atoms with Crippen molar-refractivity contribution in [2.75, 3.05) is 0 Å². The van der Waals surface area contributed by atoms with Gasteiger partial charge >= 0.3 is 5.97 Å². The molecule has 0 saturated carbocycles. The number of nitrogens with one attached hydrogen (secondary N) is 1. The molecule has 1 aromatic rings. The number of rotatable bonds is 5. The van der Waals surface area contributed by atoms with E-state index in [1.807, 2.05) is 32.9 Å². The lowest BCUT2D eigenvalue weighted by molar-refractivity contribution is -0.138. The molecule has 1 unspecified atom stereocenters. The highest BCUT2D eigenvalue weighted by Gasteiger charge is 2.26. The van der Waals surface area contributed by atoms with Crippen LogP contribution in [-0.2, 0) is 11.3 Å². The molecule has 0 fully saturated rings. The molecule has 1 rings (SSSR count). The van der Waals surface area contributed by atoms with Gasteiger partial charge in [0.1, 0.15) is 0 Å². The summed E-state index contributed by atoms with van der Waals surface area (Å²) in [4.78, 5) is 14.8. The first kappa shape index (κ1) is 13.6. The lowest BCUT2D eigenvalue weighted by Crippen LogP contribution is -2.41. The van der Waals surface area contributed by atoms with E-state index >= 15 is 0 Å². The van der Waals surface area contributed by atoms with E-state index < -0.39 is 5.97 Å². The number of carbonyl (C=O) groups is 1. The number of aromatic nitrogens is 1. The van der Waals surface area contributed by atoms with Crippen molar-refractivity contribution in [2.24, 2.45) is 5.41 Å². The van der Waals surface area contributed by atoms with Gasteiger partial charge in [0.25, 0.3) is 0 Å². The first-order valence-corrected chi connectivity index (χ1v) is 5.73. The highest BCUT2D eigenvalue weighted by molar-refractivity contribution is 5.67. The van der Waals surface area contributed by atoms with Crippen LogP contribution in [0.3, 0.4) is 0 Å². The van der Waals surface area contributed by atoms with Crippen LogP contribution in [0.5, 0.6) is 0 Å². The molecule has 0 aromatic carbocycles. The second kappa shape index (κ2) is 5.77. The Morgan fingerprint density at radius 2 is 2.24 bits per heavy atom. The maximum atomic E-state index is 10.8. The van der Waals surface area contributed by atoms with Crippen LogP contribution in [0.2, 0.25) is 0 Å². The molecule has 0 amide bonds. The molecule has 4 nitrogen and oxygen atoms in total. The van der Waals surface area contributed by atoms with E-state index in [0.717, 1.165) is 5.56 Å². The van der Waals surface area contributed by atoms with Crippen LogP contribution in [0.1, 0.15) is 32.8 Å². The number of pyridine rings is 1.